The maximum absolute atomic E-state index is 12.0. The first-order chi connectivity index (χ1) is 10.1. The van der Waals surface area contributed by atoms with E-state index >= 15 is 0 Å². The Balaban J connectivity index is 1.83. The van der Waals surface area contributed by atoms with Crippen LogP contribution in [-0.2, 0) is 17.8 Å². The number of aryl methyl sites for hydroxylation is 1. The quantitative estimate of drug-likeness (QED) is 0.887. The number of imidazole rings is 1. The van der Waals surface area contributed by atoms with Crippen LogP contribution in [0.1, 0.15) is 36.7 Å². The van der Waals surface area contributed by atoms with Crippen molar-refractivity contribution in [1.82, 2.24) is 14.9 Å². The van der Waals surface area contributed by atoms with E-state index in [9.17, 15) is 4.79 Å². The number of hydrogen-bond donors (Lipinski definition) is 1. The molecule has 21 heavy (non-hydrogen) atoms. The van der Waals surface area contributed by atoms with E-state index in [4.69, 9.17) is 0 Å². The molecule has 0 aliphatic rings. The van der Waals surface area contributed by atoms with Crippen molar-refractivity contribution in [3.05, 3.63) is 53.6 Å². The second-order valence-electron chi connectivity index (χ2n) is 5.59. The van der Waals surface area contributed by atoms with E-state index in [1.807, 2.05) is 22.9 Å². The zero-order valence-electron chi connectivity index (χ0n) is 13.0. The minimum Gasteiger partial charge on any atom is -0.354 e. The number of carbonyl (C=O) groups excluding carboxylic acids is 1. The highest BCUT2D eigenvalue weighted by Gasteiger charge is 2.10. The maximum Gasteiger partial charge on any atom is 0.239 e. The molecule has 0 unspecified atom stereocenters. The first-order valence-corrected chi connectivity index (χ1v) is 7.40. The standard InChI is InChI=1S/C17H23N3O/c1-13(2)17-19-10-11-20(17)12-16(21)18-9-8-15-7-5-4-6-14(15)3/h4-7,10-11,13H,8-9,12H2,1-3H3,(H,18,21). The molecule has 1 heterocycles. The lowest BCUT2D eigenvalue weighted by atomic mass is 10.1. The van der Waals surface area contributed by atoms with Crippen LogP contribution >= 0.6 is 0 Å². The van der Waals surface area contributed by atoms with Gasteiger partial charge in [-0.2, -0.15) is 0 Å². The van der Waals surface area contributed by atoms with Crippen molar-refractivity contribution in [2.45, 2.75) is 39.7 Å². The summed E-state index contributed by atoms with van der Waals surface area (Å²) in [6.45, 7) is 7.25. The van der Waals surface area contributed by atoms with Crippen LogP contribution in [0.15, 0.2) is 36.7 Å². The molecule has 0 atom stereocenters. The number of carbonyl (C=O) groups is 1. The molecule has 1 aromatic carbocycles. The van der Waals surface area contributed by atoms with Gasteiger partial charge in [-0.1, -0.05) is 38.1 Å². The lowest BCUT2D eigenvalue weighted by molar-refractivity contribution is -0.121. The fourth-order valence-electron chi connectivity index (χ4n) is 2.39. The molecule has 1 aromatic heterocycles. The number of rotatable bonds is 6. The maximum atomic E-state index is 12.0. The summed E-state index contributed by atoms with van der Waals surface area (Å²) in [5, 5.41) is 2.98. The number of hydrogen-bond acceptors (Lipinski definition) is 2. The predicted octanol–water partition coefficient (Wildman–Crippen LogP) is 2.67. The predicted molar refractivity (Wildman–Crippen MR) is 84.2 cm³/mol. The third kappa shape index (κ3) is 4.18. The topological polar surface area (TPSA) is 46.9 Å². The smallest absolute Gasteiger partial charge is 0.239 e. The summed E-state index contributed by atoms with van der Waals surface area (Å²) in [7, 11) is 0. The van der Waals surface area contributed by atoms with Gasteiger partial charge in [0, 0.05) is 24.9 Å². The summed E-state index contributed by atoms with van der Waals surface area (Å²) in [6.07, 6.45) is 4.46. The average molecular weight is 285 g/mol. The van der Waals surface area contributed by atoms with Gasteiger partial charge in [0.1, 0.15) is 12.4 Å². The second-order valence-corrected chi connectivity index (χ2v) is 5.59. The van der Waals surface area contributed by atoms with E-state index in [-0.39, 0.29) is 5.91 Å². The molecule has 0 spiro atoms. The zero-order chi connectivity index (χ0) is 15.2. The van der Waals surface area contributed by atoms with Gasteiger partial charge in [0.15, 0.2) is 0 Å². The Morgan fingerprint density at radius 3 is 2.81 bits per heavy atom. The highest BCUT2D eigenvalue weighted by atomic mass is 16.1. The third-order valence-corrected chi connectivity index (χ3v) is 3.56. The Hall–Kier alpha value is -2.10. The zero-order valence-corrected chi connectivity index (χ0v) is 13.0. The van der Waals surface area contributed by atoms with E-state index in [1.54, 1.807) is 6.20 Å². The number of benzene rings is 1. The van der Waals surface area contributed by atoms with Crippen LogP contribution in [0.3, 0.4) is 0 Å². The lowest BCUT2D eigenvalue weighted by Crippen LogP contribution is -2.30. The summed E-state index contributed by atoms with van der Waals surface area (Å²) in [5.74, 6) is 1.30. The average Bonchev–Trinajstić information content (AvgIpc) is 2.89. The van der Waals surface area contributed by atoms with Gasteiger partial charge < -0.3 is 9.88 Å². The summed E-state index contributed by atoms with van der Waals surface area (Å²) in [5.41, 5.74) is 2.55. The van der Waals surface area contributed by atoms with Crippen LogP contribution in [0.25, 0.3) is 0 Å². The van der Waals surface area contributed by atoms with Gasteiger partial charge >= 0.3 is 0 Å². The fourth-order valence-corrected chi connectivity index (χ4v) is 2.39. The molecule has 2 aromatic rings. The first-order valence-electron chi connectivity index (χ1n) is 7.40. The first kappa shape index (κ1) is 15.3. The van der Waals surface area contributed by atoms with E-state index in [1.165, 1.54) is 11.1 Å². The minimum absolute atomic E-state index is 0.0310. The number of amides is 1. The largest absolute Gasteiger partial charge is 0.354 e. The third-order valence-electron chi connectivity index (χ3n) is 3.56. The van der Waals surface area contributed by atoms with E-state index in [0.717, 1.165) is 12.2 Å². The van der Waals surface area contributed by atoms with E-state index in [0.29, 0.717) is 19.0 Å². The Bertz CT molecular complexity index is 602. The molecule has 112 valence electrons. The van der Waals surface area contributed by atoms with Crippen molar-refractivity contribution in [3.8, 4) is 0 Å². The van der Waals surface area contributed by atoms with Gasteiger partial charge in [0.25, 0.3) is 0 Å². The Morgan fingerprint density at radius 2 is 2.10 bits per heavy atom. The summed E-state index contributed by atoms with van der Waals surface area (Å²) in [4.78, 5) is 16.3. The van der Waals surface area contributed by atoms with Crippen molar-refractivity contribution in [2.75, 3.05) is 6.54 Å². The van der Waals surface area contributed by atoms with Gasteiger partial charge in [-0.05, 0) is 24.5 Å². The highest BCUT2D eigenvalue weighted by Crippen LogP contribution is 2.11. The van der Waals surface area contributed by atoms with Crippen molar-refractivity contribution >= 4 is 5.91 Å². The number of nitrogens with zero attached hydrogens (tertiary/aromatic N) is 2. The minimum atomic E-state index is 0.0310. The molecule has 0 saturated heterocycles. The van der Waals surface area contributed by atoms with E-state index in [2.05, 4.69) is 43.2 Å². The fraction of sp³-hybridized carbons (Fsp3) is 0.412. The lowest BCUT2D eigenvalue weighted by Gasteiger charge is -2.11. The van der Waals surface area contributed by atoms with Crippen molar-refractivity contribution in [3.63, 3.8) is 0 Å². The highest BCUT2D eigenvalue weighted by molar-refractivity contribution is 5.75. The number of aromatic nitrogens is 2. The molecule has 0 radical (unpaired) electrons. The van der Waals surface area contributed by atoms with Gasteiger partial charge in [-0.25, -0.2) is 4.98 Å². The van der Waals surface area contributed by atoms with Gasteiger partial charge in [-0.15, -0.1) is 0 Å². The molecule has 0 aliphatic carbocycles. The Kier molecular flexibility index (Phi) is 5.14. The molecule has 1 amide bonds. The van der Waals surface area contributed by atoms with Gasteiger partial charge in [-0.3, -0.25) is 4.79 Å². The van der Waals surface area contributed by atoms with Crippen molar-refractivity contribution < 1.29 is 4.79 Å². The van der Waals surface area contributed by atoms with Gasteiger partial charge in [0.05, 0.1) is 0 Å². The molecule has 0 fully saturated rings. The normalized spacial score (nSPS) is 10.9. The molecule has 2 rings (SSSR count). The summed E-state index contributed by atoms with van der Waals surface area (Å²) >= 11 is 0. The summed E-state index contributed by atoms with van der Waals surface area (Å²) in [6, 6.07) is 8.26. The van der Waals surface area contributed by atoms with Crippen molar-refractivity contribution in [1.29, 1.82) is 0 Å². The molecule has 4 nitrogen and oxygen atoms in total. The number of nitrogens with one attached hydrogen (secondary N) is 1. The van der Waals surface area contributed by atoms with Crippen LogP contribution in [-0.4, -0.2) is 22.0 Å². The SMILES string of the molecule is Cc1ccccc1CCNC(=O)Cn1ccnc1C(C)C. The van der Waals surface area contributed by atoms with E-state index < -0.39 is 0 Å². The van der Waals surface area contributed by atoms with Gasteiger partial charge in [0.2, 0.25) is 5.91 Å². The Morgan fingerprint density at radius 1 is 1.33 bits per heavy atom. The second kappa shape index (κ2) is 7.07. The molecule has 0 saturated carbocycles. The molecular formula is C17H23N3O. The summed E-state index contributed by atoms with van der Waals surface area (Å²) < 4.78 is 1.91. The Labute approximate surface area is 126 Å². The molecule has 0 aliphatic heterocycles. The van der Waals surface area contributed by atoms with Crippen LogP contribution in [0.2, 0.25) is 0 Å². The van der Waals surface area contributed by atoms with Crippen LogP contribution in [0.4, 0.5) is 0 Å². The van der Waals surface area contributed by atoms with Crippen LogP contribution in [0.5, 0.6) is 0 Å². The van der Waals surface area contributed by atoms with Crippen LogP contribution in [0, 0.1) is 6.92 Å². The van der Waals surface area contributed by atoms with Crippen LogP contribution < -0.4 is 5.32 Å². The molecular weight excluding hydrogens is 262 g/mol. The monoisotopic (exact) mass is 285 g/mol. The molecule has 4 heteroatoms. The molecule has 1 N–H and O–H groups in total. The van der Waals surface area contributed by atoms with Crippen molar-refractivity contribution in [2.24, 2.45) is 0 Å². The molecule has 0 bridgehead atoms.